The maximum Gasteiger partial charge on any atom is 0.260 e. The van der Waals surface area contributed by atoms with Crippen molar-refractivity contribution < 1.29 is 14.3 Å². The number of nitrogens with one attached hydrogen (secondary N) is 1. The topological polar surface area (TPSA) is 84.7 Å². The zero-order valence-corrected chi connectivity index (χ0v) is 17.7. The molecule has 0 saturated carbocycles. The second kappa shape index (κ2) is 10.2. The Hall–Kier alpha value is -2.68. The summed E-state index contributed by atoms with van der Waals surface area (Å²) in [5.41, 5.74) is 0.827. The molecule has 1 aliphatic rings. The number of aryl methyl sites for hydroxylation is 1. The van der Waals surface area contributed by atoms with Gasteiger partial charge in [0.1, 0.15) is 0 Å². The molecule has 0 aliphatic carbocycles. The summed E-state index contributed by atoms with van der Waals surface area (Å²) in [5.74, 6) is 1.89. The molecule has 8 nitrogen and oxygen atoms in total. The molecule has 1 N–H and O–H groups in total. The molecule has 0 radical (unpaired) electrons. The summed E-state index contributed by atoms with van der Waals surface area (Å²) < 4.78 is 13.5. The molecule has 1 aliphatic heterocycles. The zero-order valence-electron chi connectivity index (χ0n) is 16.9. The molecule has 156 valence electrons. The van der Waals surface area contributed by atoms with Crippen LogP contribution in [0.4, 0.5) is 0 Å². The van der Waals surface area contributed by atoms with E-state index < -0.39 is 0 Å². The molecule has 0 bridgehead atoms. The first-order valence-corrected chi connectivity index (χ1v) is 10.4. The van der Waals surface area contributed by atoms with E-state index in [9.17, 15) is 4.79 Å². The number of nitrogens with zero attached hydrogens (tertiary/aromatic N) is 4. The largest absolute Gasteiger partial charge is 0.490 e. The van der Waals surface area contributed by atoms with Crippen LogP contribution in [0.25, 0.3) is 0 Å². The van der Waals surface area contributed by atoms with E-state index in [1.807, 2.05) is 30.9 Å². The summed E-state index contributed by atoms with van der Waals surface area (Å²) in [6.45, 7) is 6.02. The van der Waals surface area contributed by atoms with Gasteiger partial charge in [0.05, 0.1) is 12.8 Å². The summed E-state index contributed by atoms with van der Waals surface area (Å²) in [6.07, 6.45) is 5.71. The second-order valence-corrected chi connectivity index (χ2v) is 7.11. The molecule has 1 aromatic carbocycles. The van der Waals surface area contributed by atoms with Crippen LogP contribution in [-0.4, -0.2) is 58.2 Å². The Bertz CT molecular complexity index is 915. The number of aromatic amines is 1. The zero-order chi connectivity index (χ0) is 20.6. The molecule has 9 heteroatoms. The Labute approximate surface area is 175 Å². The monoisotopic (exact) mass is 417 g/mol. The van der Waals surface area contributed by atoms with E-state index in [1.54, 1.807) is 17.0 Å². The summed E-state index contributed by atoms with van der Waals surface area (Å²) >= 11 is 5.21. The highest BCUT2D eigenvalue weighted by atomic mass is 32.1. The van der Waals surface area contributed by atoms with Crippen LogP contribution in [0.5, 0.6) is 11.5 Å². The normalized spacial score (nSPS) is 14.3. The van der Waals surface area contributed by atoms with Gasteiger partial charge in [0, 0.05) is 19.5 Å². The van der Waals surface area contributed by atoms with E-state index in [0.717, 1.165) is 37.3 Å². The minimum absolute atomic E-state index is 0.0115. The van der Waals surface area contributed by atoms with Gasteiger partial charge in [-0.15, -0.1) is 0 Å². The maximum atomic E-state index is 12.4. The van der Waals surface area contributed by atoms with Gasteiger partial charge in [-0.1, -0.05) is 6.92 Å². The molecule has 0 spiro atoms. The van der Waals surface area contributed by atoms with Crippen molar-refractivity contribution in [2.24, 2.45) is 5.10 Å². The predicted molar refractivity (Wildman–Crippen MR) is 113 cm³/mol. The van der Waals surface area contributed by atoms with E-state index in [0.29, 0.717) is 29.3 Å². The number of ether oxygens (including phenoxy) is 2. The minimum atomic E-state index is 0.0115. The average molecular weight is 418 g/mol. The molecule has 2 heterocycles. The van der Waals surface area contributed by atoms with E-state index in [1.165, 1.54) is 6.42 Å². The van der Waals surface area contributed by atoms with Crippen molar-refractivity contribution in [3.05, 3.63) is 34.4 Å². The number of aromatic nitrogens is 3. The number of likely N-dealkylation sites (tertiary alicyclic amines) is 1. The number of piperidine rings is 1. The fourth-order valence-corrected chi connectivity index (χ4v) is 3.36. The lowest BCUT2D eigenvalue weighted by atomic mass is 10.1. The van der Waals surface area contributed by atoms with Crippen molar-refractivity contribution in [1.82, 2.24) is 19.8 Å². The van der Waals surface area contributed by atoms with Gasteiger partial charge in [-0.2, -0.15) is 14.9 Å². The van der Waals surface area contributed by atoms with Crippen molar-refractivity contribution in [2.45, 2.75) is 39.5 Å². The molecule has 2 aromatic rings. The Morgan fingerprint density at radius 1 is 1.24 bits per heavy atom. The highest BCUT2D eigenvalue weighted by molar-refractivity contribution is 7.71. The van der Waals surface area contributed by atoms with Crippen LogP contribution in [0.2, 0.25) is 0 Å². The molecule has 1 aromatic heterocycles. The first-order chi connectivity index (χ1) is 14.1. The third kappa shape index (κ3) is 5.44. The van der Waals surface area contributed by atoms with Crippen LogP contribution >= 0.6 is 12.2 Å². The quantitative estimate of drug-likeness (QED) is 0.527. The fourth-order valence-electron chi connectivity index (χ4n) is 3.16. The van der Waals surface area contributed by atoms with Crippen molar-refractivity contribution in [1.29, 1.82) is 0 Å². The highest BCUT2D eigenvalue weighted by Crippen LogP contribution is 2.28. The minimum Gasteiger partial charge on any atom is -0.490 e. The molecule has 0 atom stereocenters. The van der Waals surface area contributed by atoms with Gasteiger partial charge in [0.25, 0.3) is 5.91 Å². The number of H-pyrrole nitrogens is 1. The van der Waals surface area contributed by atoms with E-state index in [2.05, 4.69) is 15.3 Å². The summed E-state index contributed by atoms with van der Waals surface area (Å²) in [7, 11) is 0. The number of benzene rings is 1. The van der Waals surface area contributed by atoms with Crippen molar-refractivity contribution in [2.75, 3.05) is 26.3 Å². The Morgan fingerprint density at radius 2 is 2.03 bits per heavy atom. The van der Waals surface area contributed by atoms with Gasteiger partial charge < -0.3 is 14.4 Å². The first-order valence-electron chi connectivity index (χ1n) is 10.0. The van der Waals surface area contributed by atoms with Crippen LogP contribution < -0.4 is 9.47 Å². The Balaban J connectivity index is 1.71. The number of amides is 1. The van der Waals surface area contributed by atoms with Gasteiger partial charge in [-0.3, -0.25) is 9.89 Å². The molecular formula is C20H27N5O3S. The molecular weight excluding hydrogens is 390 g/mol. The van der Waals surface area contributed by atoms with E-state index in [4.69, 9.17) is 21.7 Å². The van der Waals surface area contributed by atoms with Crippen LogP contribution in [0.3, 0.4) is 0 Å². The van der Waals surface area contributed by atoms with E-state index >= 15 is 0 Å². The number of hydrogen-bond acceptors (Lipinski definition) is 6. The first kappa shape index (κ1) is 21.0. The summed E-state index contributed by atoms with van der Waals surface area (Å²) in [4.78, 5) is 14.2. The lowest BCUT2D eigenvalue weighted by molar-refractivity contribution is -0.134. The number of hydrogen-bond donors (Lipinski definition) is 1. The van der Waals surface area contributed by atoms with E-state index in [-0.39, 0.29) is 12.5 Å². The van der Waals surface area contributed by atoms with Crippen LogP contribution in [0.1, 0.15) is 44.5 Å². The third-order valence-electron chi connectivity index (χ3n) is 4.68. The lowest BCUT2D eigenvalue weighted by Crippen LogP contribution is -2.38. The Morgan fingerprint density at radius 3 is 2.76 bits per heavy atom. The van der Waals surface area contributed by atoms with Crippen LogP contribution in [0, 0.1) is 4.77 Å². The highest BCUT2D eigenvalue weighted by Gasteiger charge is 2.17. The molecule has 29 heavy (non-hydrogen) atoms. The fraction of sp³-hybridized carbons (Fsp3) is 0.500. The van der Waals surface area contributed by atoms with Crippen molar-refractivity contribution in [3.63, 3.8) is 0 Å². The second-order valence-electron chi connectivity index (χ2n) is 6.72. The van der Waals surface area contributed by atoms with Gasteiger partial charge in [-0.05, 0) is 62.2 Å². The molecule has 1 fully saturated rings. The third-order valence-corrected chi connectivity index (χ3v) is 4.95. The maximum absolute atomic E-state index is 12.4. The lowest BCUT2D eigenvalue weighted by Gasteiger charge is -2.26. The van der Waals surface area contributed by atoms with Crippen LogP contribution in [0.15, 0.2) is 23.3 Å². The predicted octanol–water partition coefficient (Wildman–Crippen LogP) is 3.18. The van der Waals surface area contributed by atoms with Gasteiger partial charge in [-0.25, -0.2) is 0 Å². The smallest absolute Gasteiger partial charge is 0.260 e. The molecule has 3 rings (SSSR count). The number of carbonyl (C=O) groups excluding carboxylic acids is 1. The number of rotatable bonds is 8. The SMILES string of the molecule is CCOc1cc(/C=N\n2c(CC)n[nH]c2=S)ccc1OCC(=O)N1CCCCC1. The summed E-state index contributed by atoms with van der Waals surface area (Å²) in [5, 5.41) is 11.3. The standard InChI is InChI=1S/C20H27N5O3S/c1-3-18-22-23-20(29)25(18)21-13-15-8-9-16(17(12-15)27-4-2)28-14-19(26)24-10-6-5-7-11-24/h8-9,12-13H,3-7,10-11,14H2,1-2H3,(H,23,29)/b21-13-. The molecule has 1 saturated heterocycles. The van der Waals surface area contributed by atoms with Crippen molar-refractivity contribution >= 4 is 24.3 Å². The number of carbonyl (C=O) groups is 1. The van der Waals surface area contributed by atoms with Crippen LogP contribution in [-0.2, 0) is 11.2 Å². The Kier molecular flexibility index (Phi) is 7.40. The van der Waals surface area contributed by atoms with Gasteiger partial charge in [0.2, 0.25) is 4.77 Å². The summed E-state index contributed by atoms with van der Waals surface area (Å²) in [6, 6.07) is 5.50. The van der Waals surface area contributed by atoms with Gasteiger partial charge in [0.15, 0.2) is 23.9 Å². The molecule has 1 amide bonds. The van der Waals surface area contributed by atoms with Gasteiger partial charge >= 0.3 is 0 Å². The van der Waals surface area contributed by atoms with Crippen molar-refractivity contribution in [3.8, 4) is 11.5 Å². The molecule has 0 unspecified atom stereocenters. The average Bonchev–Trinajstić information content (AvgIpc) is 3.11.